The molecule has 3 N–H and O–H groups in total. The molecule has 0 radical (unpaired) electrons. The molecule has 0 atom stereocenters. The molecular formula is C15H10BrN3O5. The number of oxazole rings is 1. The van der Waals surface area contributed by atoms with E-state index in [4.69, 9.17) is 14.6 Å². The topological polar surface area (TPSA) is 128 Å². The Morgan fingerprint density at radius 3 is 2.79 bits per heavy atom. The second-order valence-corrected chi connectivity index (χ2v) is 5.72. The van der Waals surface area contributed by atoms with E-state index >= 15 is 0 Å². The molecule has 0 spiro atoms. The number of halogens is 1. The maximum absolute atomic E-state index is 12.1. The fourth-order valence-corrected chi connectivity index (χ4v) is 2.38. The third-order valence-electron chi connectivity index (χ3n) is 3.15. The molecule has 3 rings (SSSR count). The normalized spacial score (nSPS) is 10.7. The molecule has 2 aromatic heterocycles. The van der Waals surface area contributed by atoms with Gasteiger partial charge in [0.05, 0.1) is 11.9 Å². The largest absolute Gasteiger partial charge is 0.446 e. The van der Waals surface area contributed by atoms with Gasteiger partial charge >= 0.3 is 5.63 Å². The van der Waals surface area contributed by atoms with Crippen LogP contribution in [0.2, 0.25) is 0 Å². The van der Waals surface area contributed by atoms with Crippen molar-refractivity contribution in [2.45, 2.75) is 6.54 Å². The first-order valence-electron chi connectivity index (χ1n) is 6.70. The summed E-state index contributed by atoms with van der Waals surface area (Å²) in [5.74, 6) is -1.39. The highest BCUT2D eigenvalue weighted by atomic mass is 79.9. The van der Waals surface area contributed by atoms with Crippen molar-refractivity contribution in [2.24, 2.45) is 5.73 Å². The minimum atomic E-state index is -0.733. The maximum atomic E-state index is 12.1. The number of nitrogens with one attached hydrogen (secondary N) is 1. The first-order valence-corrected chi connectivity index (χ1v) is 7.49. The van der Waals surface area contributed by atoms with Gasteiger partial charge in [0.15, 0.2) is 11.5 Å². The Morgan fingerprint density at radius 2 is 2.08 bits per heavy atom. The standard InChI is InChI=1S/C15H10BrN3O5/c16-8-2-1-7-3-11(24-15(22)9(7)4-8)14(21)18-5-12-19-10(6-23-12)13(17)20/h1-4,6H,5H2,(H2,17,20)(H,18,21). The summed E-state index contributed by atoms with van der Waals surface area (Å²) < 4.78 is 10.8. The predicted molar refractivity (Wildman–Crippen MR) is 86.4 cm³/mol. The van der Waals surface area contributed by atoms with Crippen molar-refractivity contribution in [3.05, 3.63) is 62.8 Å². The van der Waals surface area contributed by atoms with Crippen molar-refractivity contribution >= 4 is 38.5 Å². The lowest BCUT2D eigenvalue weighted by atomic mass is 10.1. The Labute approximate surface area is 142 Å². The number of carbonyl (C=O) groups is 2. The summed E-state index contributed by atoms with van der Waals surface area (Å²) >= 11 is 3.27. The Kier molecular flexibility index (Phi) is 4.17. The van der Waals surface area contributed by atoms with E-state index in [1.54, 1.807) is 18.2 Å². The smallest absolute Gasteiger partial charge is 0.344 e. The Morgan fingerprint density at radius 1 is 1.29 bits per heavy atom. The number of hydrogen-bond donors (Lipinski definition) is 2. The number of primary amides is 1. The van der Waals surface area contributed by atoms with Crippen LogP contribution in [-0.4, -0.2) is 16.8 Å². The van der Waals surface area contributed by atoms with Crippen molar-refractivity contribution in [3.8, 4) is 0 Å². The van der Waals surface area contributed by atoms with Crippen LogP contribution in [0.5, 0.6) is 0 Å². The number of hydrogen-bond acceptors (Lipinski definition) is 6. The van der Waals surface area contributed by atoms with Gasteiger partial charge in [0, 0.05) is 4.47 Å². The van der Waals surface area contributed by atoms with Crippen molar-refractivity contribution < 1.29 is 18.4 Å². The molecule has 0 unspecified atom stereocenters. The van der Waals surface area contributed by atoms with Crippen LogP contribution in [0, 0.1) is 0 Å². The summed E-state index contributed by atoms with van der Waals surface area (Å²) in [5, 5.41) is 3.42. The molecule has 2 heterocycles. The van der Waals surface area contributed by atoms with Gasteiger partial charge in [-0.25, -0.2) is 9.78 Å². The number of carbonyl (C=O) groups excluding carboxylic acids is 2. The molecule has 0 fully saturated rings. The lowest BCUT2D eigenvalue weighted by molar-refractivity contribution is 0.0915. The zero-order valence-corrected chi connectivity index (χ0v) is 13.6. The first kappa shape index (κ1) is 15.9. The highest BCUT2D eigenvalue weighted by Gasteiger charge is 2.14. The highest BCUT2D eigenvalue weighted by molar-refractivity contribution is 9.10. The molecule has 8 nitrogen and oxygen atoms in total. The Balaban J connectivity index is 1.79. The van der Waals surface area contributed by atoms with E-state index in [0.29, 0.717) is 10.8 Å². The lowest BCUT2D eigenvalue weighted by Gasteiger charge is -2.03. The van der Waals surface area contributed by atoms with Gasteiger partial charge in [0.1, 0.15) is 6.26 Å². The molecule has 0 aliphatic carbocycles. The number of nitrogens with zero attached hydrogens (tertiary/aromatic N) is 1. The van der Waals surface area contributed by atoms with E-state index in [9.17, 15) is 14.4 Å². The predicted octanol–water partition coefficient (Wildman–Crippen LogP) is 1.57. The van der Waals surface area contributed by atoms with Gasteiger partial charge < -0.3 is 19.9 Å². The van der Waals surface area contributed by atoms with E-state index in [1.807, 2.05) is 0 Å². The third-order valence-corrected chi connectivity index (χ3v) is 3.65. The molecule has 1 aromatic carbocycles. The van der Waals surface area contributed by atoms with Gasteiger partial charge in [-0.05, 0) is 23.6 Å². The van der Waals surface area contributed by atoms with Crippen molar-refractivity contribution in [1.82, 2.24) is 10.3 Å². The second-order valence-electron chi connectivity index (χ2n) is 4.80. The number of amides is 2. The minimum Gasteiger partial charge on any atom is -0.446 e. The van der Waals surface area contributed by atoms with Gasteiger partial charge in [-0.1, -0.05) is 22.0 Å². The van der Waals surface area contributed by atoms with Crippen LogP contribution in [0.25, 0.3) is 10.8 Å². The Bertz CT molecular complexity index is 1010. The molecule has 0 aliphatic rings. The average Bonchev–Trinajstić information content (AvgIpc) is 3.02. The quantitative estimate of drug-likeness (QED) is 0.694. The van der Waals surface area contributed by atoms with Gasteiger partial charge in [0.25, 0.3) is 11.8 Å². The Hall–Kier alpha value is -2.94. The molecule has 9 heteroatoms. The van der Waals surface area contributed by atoms with Crippen molar-refractivity contribution in [3.63, 3.8) is 0 Å². The number of nitrogens with two attached hydrogens (primary N) is 1. The second kappa shape index (κ2) is 6.28. The minimum absolute atomic E-state index is 0.0398. The van der Waals surface area contributed by atoms with Gasteiger partial charge in [0.2, 0.25) is 5.89 Å². The zero-order valence-electron chi connectivity index (χ0n) is 12.0. The summed E-state index contributed by atoms with van der Waals surface area (Å²) in [5.41, 5.74) is 4.39. The van der Waals surface area contributed by atoms with E-state index < -0.39 is 17.4 Å². The van der Waals surface area contributed by atoms with E-state index in [-0.39, 0.29) is 23.9 Å². The fraction of sp³-hybridized carbons (Fsp3) is 0.0667. The molecule has 3 aromatic rings. The van der Waals surface area contributed by atoms with Crippen LogP contribution in [0.15, 0.2) is 48.6 Å². The molecule has 2 amide bonds. The number of fused-ring (bicyclic) bond motifs is 1. The van der Waals surface area contributed by atoms with Gasteiger partial charge in [-0.3, -0.25) is 9.59 Å². The average molecular weight is 392 g/mol. The summed E-state index contributed by atoms with van der Waals surface area (Å²) in [6, 6.07) is 6.52. The number of rotatable bonds is 4. The van der Waals surface area contributed by atoms with E-state index in [2.05, 4.69) is 26.2 Å². The molecule has 24 heavy (non-hydrogen) atoms. The first-order chi connectivity index (χ1) is 11.4. The maximum Gasteiger partial charge on any atom is 0.344 e. The number of benzene rings is 1. The zero-order chi connectivity index (χ0) is 17.3. The number of aromatic nitrogens is 1. The van der Waals surface area contributed by atoms with Crippen molar-refractivity contribution in [2.75, 3.05) is 0 Å². The summed E-state index contributed by atoms with van der Waals surface area (Å²) in [4.78, 5) is 38.8. The molecular weight excluding hydrogens is 382 g/mol. The van der Waals surface area contributed by atoms with Crippen LogP contribution < -0.4 is 16.7 Å². The van der Waals surface area contributed by atoms with Crippen molar-refractivity contribution in [1.29, 1.82) is 0 Å². The monoisotopic (exact) mass is 391 g/mol. The lowest BCUT2D eigenvalue weighted by Crippen LogP contribution is -2.24. The van der Waals surface area contributed by atoms with Gasteiger partial charge in [-0.2, -0.15) is 0 Å². The van der Waals surface area contributed by atoms with Crippen LogP contribution in [0.4, 0.5) is 0 Å². The highest BCUT2D eigenvalue weighted by Crippen LogP contribution is 2.18. The van der Waals surface area contributed by atoms with Crippen LogP contribution >= 0.6 is 15.9 Å². The molecule has 0 aliphatic heterocycles. The van der Waals surface area contributed by atoms with Crippen LogP contribution in [0.1, 0.15) is 26.9 Å². The molecule has 0 saturated heterocycles. The van der Waals surface area contributed by atoms with E-state index in [0.717, 1.165) is 10.7 Å². The van der Waals surface area contributed by atoms with E-state index in [1.165, 1.54) is 6.07 Å². The SMILES string of the molecule is NC(=O)c1coc(CNC(=O)c2cc3ccc(Br)cc3c(=O)o2)n1. The summed E-state index contributed by atoms with van der Waals surface area (Å²) in [7, 11) is 0. The molecule has 122 valence electrons. The molecule has 0 saturated carbocycles. The third kappa shape index (κ3) is 3.20. The molecule has 0 bridgehead atoms. The van der Waals surface area contributed by atoms with Gasteiger partial charge in [-0.15, -0.1) is 0 Å². The summed E-state index contributed by atoms with van der Waals surface area (Å²) in [6.07, 6.45) is 1.10. The fourth-order valence-electron chi connectivity index (χ4n) is 2.02. The van der Waals surface area contributed by atoms with Crippen LogP contribution in [-0.2, 0) is 6.54 Å². The van der Waals surface area contributed by atoms with Crippen LogP contribution in [0.3, 0.4) is 0 Å². The summed E-state index contributed by atoms with van der Waals surface area (Å²) in [6.45, 7) is -0.0891.